The van der Waals surface area contributed by atoms with Gasteiger partial charge < -0.3 is 10.4 Å². The Balaban J connectivity index is 2.08. The summed E-state index contributed by atoms with van der Waals surface area (Å²) in [5, 5.41) is 11.9. The fourth-order valence-corrected chi connectivity index (χ4v) is 2.97. The topological polar surface area (TPSA) is 99.6 Å². The third-order valence-corrected chi connectivity index (χ3v) is 4.96. The number of aromatic hydroxyl groups is 1. The Hall–Kier alpha value is -2.45. The van der Waals surface area contributed by atoms with Crippen LogP contribution in [-0.2, 0) is 14.8 Å². The van der Waals surface area contributed by atoms with Gasteiger partial charge in [0.15, 0.2) is 11.6 Å². The number of hydrogen-bond acceptors (Lipinski definition) is 5. The number of carbonyl (C=O) groups excluding carboxylic acids is 1. The van der Waals surface area contributed by atoms with Crippen LogP contribution in [0.3, 0.4) is 0 Å². The first kappa shape index (κ1) is 16.9. The minimum absolute atomic E-state index is 0.0152. The number of sulfonamides is 1. The van der Waals surface area contributed by atoms with Crippen LogP contribution in [0.4, 0.5) is 5.82 Å². The molecule has 0 aliphatic carbocycles. The summed E-state index contributed by atoms with van der Waals surface area (Å²) in [6.07, 6.45) is 1.40. The Morgan fingerprint density at radius 1 is 1.26 bits per heavy atom. The molecule has 0 unspecified atom stereocenters. The Bertz CT molecular complexity index is 804. The lowest BCUT2D eigenvalue weighted by Gasteiger charge is -2.17. The summed E-state index contributed by atoms with van der Waals surface area (Å²) in [7, 11) is -2.45. The van der Waals surface area contributed by atoms with E-state index in [0.29, 0.717) is 0 Å². The summed E-state index contributed by atoms with van der Waals surface area (Å²) in [5.41, 5.74) is 0.940. The summed E-state index contributed by atoms with van der Waals surface area (Å²) in [6, 6.07) is 9.24. The summed E-state index contributed by atoms with van der Waals surface area (Å²) < 4.78 is 25.7. The molecule has 0 fully saturated rings. The van der Waals surface area contributed by atoms with E-state index in [1.165, 1.54) is 37.5 Å². The van der Waals surface area contributed by atoms with E-state index in [4.69, 9.17) is 0 Å². The van der Waals surface area contributed by atoms with Crippen molar-refractivity contribution in [1.29, 1.82) is 0 Å². The fraction of sp³-hybridized carbons (Fsp3) is 0.200. The van der Waals surface area contributed by atoms with Crippen molar-refractivity contribution in [3.63, 3.8) is 0 Å². The third-order valence-electron chi connectivity index (χ3n) is 3.14. The van der Waals surface area contributed by atoms with Crippen LogP contribution in [0.1, 0.15) is 5.56 Å². The molecule has 2 aromatic rings. The number of pyridine rings is 1. The van der Waals surface area contributed by atoms with Crippen molar-refractivity contribution in [2.24, 2.45) is 0 Å². The van der Waals surface area contributed by atoms with Crippen molar-refractivity contribution in [2.45, 2.75) is 11.8 Å². The van der Waals surface area contributed by atoms with E-state index in [1.807, 2.05) is 6.92 Å². The molecule has 23 heavy (non-hydrogen) atoms. The minimum atomic E-state index is -3.76. The molecule has 2 N–H and O–H groups in total. The van der Waals surface area contributed by atoms with Crippen LogP contribution >= 0.6 is 0 Å². The van der Waals surface area contributed by atoms with E-state index in [2.05, 4.69) is 10.3 Å². The van der Waals surface area contributed by atoms with Gasteiger partial charge in [0.05, 0.1) is 11.4 Å². The van der Waals surface area contributed by atoms with E-state index >= 15 is 0 Å². The first-order chi connectivity index (χ1) is 10.8. The Kier molecular flexibility index (Phi) is 4.97. The smallest absolute Gasteiger partial charge is 0.243 e. The van der Waals surface area contributed by atoms with Gasteiger partial charge in [0.1, 0.15) is 0 Å². The zero-order chi connectivity index (χ0) is 17.0. The highest BCUT2D eigenvalue weighted by molar-refractivity contribution is 7.89. The molecule has 7 nitrogen and oxygen atoms in total. The van der Waals surface area contributed by atoms with Crippen molar-refractivity contribution in [2.75, 3.05) is 18.9 Å². The van der Waals surface area contributed by atoms with Crippen molar-refractivity contribution < 1.29 is 18.3 Å². The fourth-order valence-electron chi connectivity index (χ4n) is 1.84. The first-order valence-corrected chi connectivity index (χ1v) is 8.21. The number of aryl methyl sites for hydroxylation is 1. The number of aromatic nitrogens is 1. The Labute approximate surface area is 134 Å². The van der Waals surface area contributed by atoms with Crippen LogP contribution < -0.4 is 5.32 Å². The highest BCUT2D eigenvalue weighted by Gasteiger charge is 2.23. The molecule has 122 valence electrons. The molecular formula is C15H17N3O4S. The lowest BCUT2D eigenvalue weighted by atomic mass is 10.2. The number of carbonyl (C=O) groups is 1. The molecule has 0 saturated heterocycles. The molecule has 1 amide bonds. The van der Waals surface area contributed by atoms with Gasteiger partial charge in [0, 0.05) is 13.2 Å². The summed E-state index contributed by atoms with van der Waals surface area (Å²) in [4.78, 5) is 15.9. The lowest BCUT2D eigenvalue weighted by Crippen LogP contribution is -2.35. The third kappa shape index (κ3) is 4.05. The van der Waals surface area contributed by atoms with Crippen molar-refractivity contribution in [3.8, 4) is 5.75 Å². The molecule has 0 atom stereocenters. The van der Waals surface area contributed by atoms with Crippen molar-refractivity contribution in [3.05, 3.63) is 48.2 Å². The predicted octanol–water partition coefficient (Wildman–Crippen LogP) is 1.35. The summed E-state index contributed by atoms with van der Waals surface area (Å²) >= 11 is 0. The molecule has 0 spiro atoms. The van der Waals surface area contributed by atoms with Gasteiger partial charge in [-0.3, -0.25) is 4.79 Å². The Morgan fingerprint density at radius 3 is 2.52 bits per heavy atom. The molecule has 2 rings (SSSR count). The van der Waals surface area contributed by atoms with Gasteiger partial charge in [-0.2, -0.15) is 4.31 Å². The lowest BCUT2D eigenvalue weighted by molar-refractivity contribution is -0.116. The number of nitrogens with one attached hydrogen (secondary N) is 1. The van der Waals surface area contributed by atoms with Gasteiger partial charge in [0.2, 0.25) is 15.9 Å². The van der Waals surface area contributed by atoms with Gasteiger partial charge >= 0.3 is 0 Å². The Morgan fingerprint density at radius 2 is 1.91 bits per heavy atom. The normalized spacial score (nSPS) is 11.4. The molecule has 8 heteroatoms. The SMILES string of the molecule is Cc1ccc(S(=O)(=O)N(C)CC(=O)Nc2ncccc2O)cc1. The zero-order valence-electron chi connectivity index (χ0n) is 12.7. The van der Waals surface area contributed by atoms with Crippen LogP contribution in [0.15, 0.2) is 47.5 Å². The highest BCUT2D eigenvalue weighted by Crippen LogP contribution is 2.19. The molecule has 0 aliphatic heterocycles. The number of nitrogens with zero attached hydrogens (tertiary/aromatic N) is 2. The van der Waals surface area contributed by atoms with Gasteiger partial charge in [-0.1, -0.05) is 17.7 Å². The number of amides is 1. The number of anilines is 1. The molecule has 1 heterocycles. The van der Waals surface area contributed by atoms with Gasteiger partial charge in [-0.05, 0) is 31.2 Å². The van der Waals surface area contributed by atoms with Gasteiger partial charge in [-0.25, -0.2) is 13.4 Å². The largest absolute Gasteiger partial charge is 0.504 e. The maximum Gasteiger partial charge on any atom is 0.243 e. The van der Waals surface area contributed by atoms with Crippen LogP contribution in [-0.4, -0.2) is 42.3 Å². The average molecular weight is 335 g/mol. The number of hydrogen-bond donors (Lipinski definition) is 2. The second-order valence-electron chi connectivity index (χ2n) is 4.99. The summed E-state index contributed by atoms with van der Waals surface area (Å²) in [5.74, 6) is -0.805. The van der Waals surface area contributed by atoms with E-state index in [9.17, 15) is 18.3 Å². The number of rotatable bonds is 5. The van der Waals surface area contributed by atoms with E-state index in [-0.39, 0.29) is 16.5 Å². The van der Waals surface area contributed by atoms with E-state index in [0.717, 1.165) is 9.87 Å². The quantitative estimate of drug-likeness (QED) is 0.859. The van der Waals surface area contributed by atoms with Crippen LogP contribution in [0, 0.1) is 6.92 Å². The molecule has 1 aromatic heterocycles. The maximum atomic E-state index is 12.4. The van der Waals surface area contributed by atoms with Crippen molar-refractivity contribution >= 4 is 21.7 Å². The molecule has 1 aromatic carbocycles. The zero-order valence-corrected chi connectivity index (χ0v) is 13.5. The van der Waals surface area contributed by atoms with Gasteiger partial charge in [-0.15, -0.1) is 0 Å². The van der Waals surface area contributed by atoms with Gasteiger partial charge in [0.25, 0.3) is 0 Å². The van der Waals surface area contributed by atoms with Crippen LogP contribution in [0.2, 0.25) is 0 Å². The average Bonchev–Trinajstić information content (AvgIpc) is 2.50. The molecule has 0 bridgehead atoms. The first-order valence-electron chi connectivity index (χ1n) is 6.77. The summed E-state index contributed by atoms with van der Waals surface area (Å²) in [6.45, 7) is 1.46. The number of benzene rings is 1. The van der Waals surface area contributed by atoms with Crippen LogP contribution in [0.5, 0.6) is 5.75 Å². The maximum absolute atomic E-state index is 12.4. The predicted molar refractivity (Wildman–Crippen MR) is 85.5 cm³/mol. The second-order valence-corrected chi connectivity index (χ2v) is 7.04. The monoisotopic (exact) mass is 335 g/mol. The minimum Gasteiger partial charge on any atom is -0.504 e. The number of likely N-dealkylation sites (N-methyl/N-ethyl adjacent to an activating group) is 1. The second kappa shape index (κ2) is 6.76. The molecule has 0 aliphatic rings. The van der Waals surface area contributed by atoms with E-state index < -0.39 is 22.5 Å². The molecule has 0 saturated carbocycles. The molecule has 0 radical (unpaired) electrons. The van der Waals surface area contributed by atoms with Crippen molar-refractivity contribution in [1.82, 2.24) is 9.29 Å². The molecular weight excluding hydrogens is 318 g/mol. The standard InChI is InChI=1S/C15H17N3O4S/c1-11-5-7-12(8-6-11)23(21,22)18(2)10-14(20)17-15-13(19)4-3-9-16-15/h3-9,19H,10H2,1-2H3,(H,16,17,20). The van der Waals surface area contributed by atoms with Crippen LogP contribution in [0.25, 0.3) is 0 Å². The highest BCUT2D eigenvalue weighted by atomic mass is 32.2. The van der Waals surface area contributed by atoms with E-state index in [1.54, 1.807) is 12.1 Å².